The van der Waals surface area contributed by atoms with Crippen molar-refractivity contribution < 1.29 is 0 Å². The first-order chi connectivity index (χ1) is 5.27. The van der Waals surface area contributed by atoms with Crippen LogP contribution in [0.1, 0.15) is 13.3 Å². The van der Waals surface area contributed by atoms with Crippen LogP contribution in [0, 0.1) is 0 Å². The summed E-state index contributed by atoms with van der Waals surface area (Å²) in [4.78, 5) is 9.99. The van der Waals surface area contributed by atoms with Gasteiger partial charge in [-0.15, -0.1) is 0 Å². The van der Waals surface area contributed by atoms with Crippen molar-refractivity contribution in [3.05, 3.63) is 0 Å². The molecule has 0 aliphatic carbocycles. The van der Waals surface area contributed by atoms with E-state index < -0.39 is 0 Å². The van der Waals surface area contributed by atoms with Gasteiger partial charge in [-0.25, -0.2) is 9.98 Å². The zero-order chi connectivity index (χ0) is 8.53. The Morgan fingerprint density at radius 3 is 2.42 bits per heavy atom. The van der Waals surface area contributed by atoms with Crippen molar-refractivity contribution in [3.63, 3.8) is 0 Å². The van der Waals surface area contributed by atoms with Gasteiger partial charge in [-0.3, -0.25) is 0 Å². The van der Waals surface area contributed by atoms with Gasteiger partial charge in [0.1, 0.15) is 0 Å². The second-order valence-corrected chi connectivity index (χ2v) is 2.61. The van der Waals surface area contributed by atoms with Crippen LogP contribution in [-0.4, -0.2) is 74.2 Å². The SMILES string of the molecule is CCN=C=NCCCN(C)C.[NaH]. The summed E-state index contributed by atoms with van der Waals surface area (Å²) in [7, 11) is 4.12. The Bertz CT molecular complexity index is 139. The topological polar surface area (TPSA) is 28.0 Å². The molecule has 0 fully saturated rings. The van der Waals surface area contributed by atoms with Crippen molar-refractivity contribution in [3.8, 4) is 0 Å². The Labute approximate surface area is 97.3 Å². The van der Waals surface area contributed by atoms with E-state index in [9.17, 15) is 0 Å². The van der Waals surface area contributed by atoms with Gasteiger partial charge >= 0.3 is 29.6 Å². The average Bonchev–Trinajstić information content (AvgIpc) is 1.96. The number of hydrogen-bond acceptors (Lipinski definition) is 3. The van der Waals surface area contributed by atoms with Crippen molar-refractivity contribution in [1.82, 2.24) is 4.90 Å². The third-order valence-electron chi connectivity index (χ3n) is 1.17. The van der Waals surface area contributed by atoms with E-state index in [4.69, 9.17) is 0 Å². The molecule has 0 aromatic carbocycles. The van der Waals surface area contributed by atoms with Crippen LogP contribution >= 0.6 is 0 Å². The van der Waals surface area contributed by atoms with E-state index in [0.717, 1.165) is 26.1 Å². The molecule has 0 aromatic rings. The fraction of sp³-hybridized carbons (Fsp3) is 0.875. The summed E-state index contributed by atoms with van der Waals surface area (Å²) in [5, 5.41) is 0. The third-order valence-corrected chi connectivity index (χ3v) is 1.17. The Morgan fingerprint density at radius 2 is 1.92 bits per heavy atom. The molecule has 0 spiro atoms. The molecule has 0 aliphatic heterocycles. The second-order valence-electron chi connectivity index (χ2n) is 2.61. The van der Waals surface area contributed by atoms with E-state index >= 15 is 0 Å². The molecule has 0 unspecified atom stereocenters. The van der Waals surface area contributed by atoms with E-state index in [-0.39, 0.29) is 29.6 Å². The van der Waals surface area contributed by atoms with Crippen LogP contribution in [0.25, 0.3) is 0 Å². The summed E-state index contributed by atoms with van der Waals surface area (Å²) < 4.78 is 0. The second kappa shape index (κ2) is 11.3. The Morgan fingerprint density at radius 1 is 1.25 bits per heavy atom. The van der Waals surface area contributed by atoms with Crippen LogP contribution in [0.15, 0.2) is 9.98 Å². The molecule has 0 rings (SSSR count). The number of hydrogen-bond donors (Lipinski definition) is 0. The Kier molecular flexibility index (Phi) is 14.0. The van der Waals surface area contributed by atoms with Crippen molar-refractivity contribution >= 4 is 35.6 Å². The minimum absolute atomic E-state index is 0. The molecule has 0 aromatic heterocycles. The maximum atomic E-state index is 3.99. The average molecular weight is 179 g/mol. The zero-order valence-electron chi connectivity index (χ0n) is 7.67. The van der Waals surface area contributed by atoms with Gasteiger partial charge in [0, 0.05) is 6.54 Å². The predicted octanol–water partition coefficient (Wildman–Crippen LogP) is 0.483. The van der Waals surface area contributed by atoms with Crippen molar-refractivity contribution in [2.45, 2.75) is 13.3 Å². The molecule has 66 valence electrons. The molecule has 0 amide bonds. The van der Waals surface area contributed by atoms with Crippen LogP contribution < -0.4 is 0 Å². The van der Waals surface area contributed by atoms with Crippen molar-refractivity contribution in [2.75, 3.05) is 33.7 Å². The summed E-state index contributed by atoms with van der Waals surface area (Å²) in [5.41, 5.74) is 0. The zero-order valence-corrected chi connectivity index (χ0v) is 7.67. The fourth-order valence-corrected chi connectivity index (χ4v) is 0.637. The normalized spacial score (nSPS) is 8.67. The van der Waals surface area contributed by atoms with Gasteiger partial charge in [0.2, 0.25) is 0 Å². The molecule has 0 aliphatic rings. The molecule has 12 heavy (non-hydrogen) atoms. The Hall–Kier alpha value is 0.340. The monoisotopic (exact) mass is 179 g/mol. The van der Waals surface area contributed by atoms with E-state index in [0.29, 0.717) is 0 Å². The van der Waals surface area contributed by atoms with Crippen LogP contribution in [0.4, 0.5) is 0 Å². The molecule has 4 heteroatoms. The summed E-state index contributed by atoms with van der Waals surface area (Å²) in [6, 6.07) is 2.64. The molecule has 0 N–H and O–H groups in total. The minimum atomic E-state index is 0. The summed E-state index contributed by atoms with van der Waals surface area (Å²) in [6.45, 7) is 4.67. The number of rotatable bonds is 5. The first-order valence-corrected chi connectivity index (χ1v) is 4.00. The van der Waals surface area contributed by atoms with E-state index in [1.165, 1.54) is 0 Å². The van der Waals surface area contributed by atoms with Gasteiger partial charge in [0.25, 0.3) is 0 Å². The maximum absolute atomic E-state index is 3.99. The fourth-order valence-electron chi connectivity index (χ4n) is 0.637. The van der Waals surface area contributed by atoms with Crippen molar-refractivity contribution in [2.24, 2.45) is 9.98 Å². The van der Waals surface area contributed by atoms with Crippen LogP contribution in [0.3, 0.4) is 0 Å². The van der Waals surface area contributed by atoms with Gasteiger partial charge in [-0.05, 0) is 34.0 Å². The predicted molar refractivity (Wildman–Crippen MR) is 55.6 cm³/mol. The molecule has 0 heterocycles. The quantitative estimate of drug-likeness (QED) is 0.343. The molecule has 0 saturated carbocycles. The van der Waals surface area contributed by atoms with E-state index in [2.05, 4.69) is 35.0 Å². The van der Waals surface area contributed by atoms with Crippen molar-refractivity contribution in [1.29, 1.82) is 0 Å². The molecular weight excluding hydrogens is 161 g/mol. The first kappa shape index (κ1) is 14.8. The summed E-state index contributed by atoms with van der Waals surface area (Å²) in [5.74, 6) is 0. The molecule has 0 saturated heterocycles. The standard InChI is InChI=1S/C8H17N3.Na.H/c1-4-9-8-10-6-5-7-11(2)3;;/h4-7H2,1-3H3;;. The number of nitrogens with zero attached hydrogens (tertiary/aromatic N) is 3. The van der Waals surface area contributed by atoms with Gasteiger partial charge in [-0.1, -0.05) is 0 Å². The molecule has 0 radical (unpaired) electrons. The third kappa shape index (κ3) is 13.0. The first-order valence-electron chi connectivity index (χ1n) is 4.00. The van der Waals surface area contributed by atoms with Gasteiger partial charge in [0.15, 0.2) is 0 Å². The number of aliphatic imine (C=N–C) groups is 2. The summed E-state index contributed by atoms with van der Waals surface area (Å²) >= 11 is 0. The molecular formula is C8H18N3Na. The molecule has 0 atom stereocenters. The van der Waals surface area contributed by atoms with Gasteiger partial charge in [0.05, 0.1) is 12.6 Å². The van der Waals surface area contributed by atoms with Crippen LogP contribution in [0.5, 0.6) is 0 Å². The molecule has 3 nitrogen and oxygen atoms in total. The molecule has 0 bridgehead atoms. The van der Waals surface area contributed by atoms with Gasteiger partial charge < -0.3 is 4.90 Å². The van der Waals surface area contributed by atoms with Gasteiger partial charge in [-0.2, -0.15) is 0 Å². The van der Waals surface area contributed by atoms with Crippen LogP contribution in [0.2, 0.25) is 0 Å². The van der Waals surface area contributed by atoms with Crippen LogP contribution in [-0.2, 0) is 0 Å². The summed E-state index contributed by atoms with van der Waals surface area (Å²) in [6.07, 6.45) is 1.08. The Balaban J connectivity index is 0. The van der Waals surface area contributed by atoms with E-state index in [1.54, 1.807) is 0 Å². The van der Waals surface area contributed by atoms with E-state index in [1.807, 2.05) is 6.92 Å².